The van der Waals surface area contributed by atoms with Crippen LogP contribution in [0.1, 0.15) is 39.7 Å². The van der Waals surface area contributed by atoms with Gasteiger partial charge in [0.05, 0.1) is 17.4 Å². The second-order valence-electron chi connectivity index (χ2n) is 7.26. The van der Waals surface area contributed by atoms with Crippen LogP contribution in [0.5, 0.6) is 0 Å². The van der Waals surface area contributed by atoms with Crippen molar-refractivity contribution in [1.29, 1.82) is 0 Å². The summed E-state index contributed by atoms with van der Waals surface area (Å²) >= 11 is 0. The number of carbonyl (C=O) groups is 2. The van der Waals surface area contributed by atoms with E-state index in [2.05, 4.69) is 0 Å². The zero-order valence-corrected chi connectivity index (χ0v) is 14.7. The molecule has 0 aromatic heterocycles. The van der Waals surface area contributed by atoms with Gasteiger partial charge in [-0.1, -0.05) is 13.0 Å². The summed E-state index contributed by atoms with van der Waals surface area (Å²) in [6.07, 6.45) is -4.07. The molecule has 2 rings (SSSR count). The van der Waals surface area contributed by atoms with E-state index in [9.17, 15) is 22.8 Å². The number of halogens is 3. The average molecular weight is 357 g/mol. The molecule has 0 N–H and O–H groups in total. The number of benzene rings is 1. The van der Waals surface area contributed by atoms with Gasteiger partial charge in [-0.25, -0.2) is 0 Å². The van der Waals surface area contributed by atoms with E-state index in [1.54, 1.807) is 27.7 Å². The molecule has 4 nitrogen and oxygen atoms in total. The Labute approximate surface area is 144 Å². The lowest BCUT2D eigenvalue weighted by atomic mass is 9.92. The van der Waals surface area contributed by atoms with Gasteiger partial charge in [0.25, 0.3) is 0 Å². The summed E-state index contributed by atoms with van der Waals surface area (Å²) in [5.74, 6) is -2.07. The molecule has 0 bridgehead atoms. The minimum absolute atomic E-state index is 0.193. The van der Waals surface area contributed by atoms with Gasteiger partial charge in [0.1, 0.15) is 5.60 Å². The number of amides is 1. The van der Waals surface area contributed by atoms with Gasteiger partial charge >= 0.3 is 12.1 Å². The Bertz CT molecular complexity index is 664. The van der Waals surface area contributed by atoms with Crippen LogP contribution in [0.2, 0.25) is 0 Å². The third-order valence-electron chi connectivity index (χ3n) is 4.11. The normalized spacial score (nSPS) is 19.9. The molecule has 2 unspecified atom stereocenters. The molecular formula is C18H22F3NO3. The summed E-state index contributed by atoms with van der Waals surface area (Å²) in [4.78, 5) is 26.1. The van der Waals surface area contributed by atoms with Gasteiger partial charge in [0, 0.05) is 12.2 Å². The molecule has 7 heteroatoms. The van der Waals surface area contributed by atoms with E-state index in [1.165, 1.54) is 17.0 Å². The van der Waals surface area contributed by atoms with Crippen LogP contribution >= 0.6 is 0 Å². The van der Waals surface area contributed by atoms with Crippen LogP contribution in [-0.2, 0) is 20.5 Å². The van der Waals surface area contributed by atoms with Crippen LogP contribution in [0, 0.1) is 11.8 Å². The fourth-order valence-electron chi connectivity index (χ4n) is 2.83. The van der Waals surface area contributed by atoms with Crippen molar-refractivity contribution < 1.29 is 27.5 Å². The van der Waals surface area contributed by atoms with Gasteiger partial charge in [0.2, 0.25) is 5.91 Å². The van der Waals surface area contributed by atoms with Crippen LogP contribution in [0.15, 0.2) is 24.3 Å². The molecule has 1 aliphatic heterocycles. The molecule has 1 aromatic rings. The molecule has 1 heterocycles. The fourth-order valence-corrected chi connectivity index (χ4v) is 2.83. The van der Waals surface area contributed by atoms with Crippen molar-refractivity contribution in [1.82, 2.24) is 0 Å². The summed E-state index contributed by atoms with van der Waals surface area (Å²) in [6.45, 7) is 7.11. The third kappa shape index (κ3) is 4.52. The summed E-state index contributed by atoms with van der Waals surface area (Å²) in [7, 11) is 0. The molecule has 138 valence electrons. The number of ether oxygens (including phenoxy) is 1. The van der Waals surface area contributed by atoms with Crippen molar-refractivity contribution in [3.8, 4) is 0 Å². The number of alkyl halides is 3. The highest BCUT2D eigenvalue weighted by molar-refractivity contribution is 5.99. The van der Waals surface area contributed by atoms with Gasteiger partial charge in [-0.05, 0) is 45.4 Å². The van der Waals surface area contributed by atoms with Gasteiger partial charge in [-0.15, -0.1) is 0 Å². The largest absolute Gasteiger partial charge is 0.460 e. The number of hydrogen-bond donors (Lipinski definition) is 0. The molecular weight excluding hydrogens is 335 g/mol. The summed E-state index contributed by atoms with van der Waals surface area (Å²) in [6, 6.07) is 4.66. The van der Waals surface area contributed by atoms with Gasteiger partial charge < -0.3 is 9.64 Å². The molecule has 0 saturated carbocycles. The summed E-state index contributed by atoms with van der Waals surface area (Å²) in [5, 5.41) is 0. The summed E-state index contributed by atoms with van der Waals surface area (Å²) in [5.41, 5.74) is -1.27. The maximum absolute atomic E-state index is 12.9. The zero-order valence-electron chi connectivity index (χ0n) is 14.7. The van der Waals surface area contributed by atoms with E-state index >= 15 is 0 Å². The lowest BCUT2D eigenvalue weighted by molar-refractivity contribution is -0.162. The lowest BCUT2D eigenvalue weighted by Crippen LogP contribution is -2.35. The first-order valence-electron chi connectivity index (χ1n) is 8.11. The second kappa shape index (κ2) is 6.69. The first-order valence-corrected chi connectivity index (χ1v) is 8.11. The number of nitrogens with zero attached hydrogens (tertiary/aromatic N) is 1. The number of rotatable bonds is 3. The smallest absolute Gasteiger partial charge is 0.416 e. The van der Waals surface area contributed by atoms with Gasteiger partial charge in [-0.3, -0.25) is 9.59 Å². The first kappa shape index (κ1) is 19.3. The molecule has 0 radical (unpaired) electrons. The fraction of sp³-hybridized carbons (Fsp3) is 0.556. The van der Waals surface area contributed by atoms with E-state index < -0.39 is 35.1 Å². The number of hydrogen-bond acceptors (Lipinski definition) is 3. The summed E-state index contributed by atoms with van der Waals surface area (Å²) < 4.78 is 43.9. The van der Waals surface area contributed by atoms with E-state index in [-0.39, 0.29) is 18.1 Å². The van der Waals surface area contributed by atoms with Crippen molar-refractivity contribution in [3.63, 3.8) is 0 Å². The standard InChI is InChI=1S/C18H22F3NO3/c1-11(16(24)25-17(2,3)4)14-8-9-22(15(14)23)13-7-5-6-12(10-13)18(19,20)21/h5-7,10-11,14H,8-9H2,1-4H3. The predicted molar refractivity (Wildman–Crippen MR) is 86.9 cm³/mol. The highest BCUT2D eigenvalue weighted by Gasteiger charge is 2.41. The monoisotopic (exact) mass is 357 g/mol. The zero-order chi connectivity index (χ0) is 19.0. The van der Waals surface area contributed by atoms with Crippen LogP contribution in [0.4, 0.5) is 18.9 Å². The van der Waals surface area contributed by atoms with Crippen LogP contribution < -0.4 is 4.90 Å². The SMILES string of the molecule is CC(C(=O)OC(C)(C)C)C1CCN(c2cccc(C(F)(F)F)c2)C1=O. The van der Waals surface area contributed by atoms with Crippen molar-refractivity contribution in [2.45, 2.75) is 45.9 Å². The second-order valence-corrected chi connectivity index (χ2v) is 7.26. The Morgan fingerprint density at radius 3 is 2.48 bits per heavy atom. The van der Waals surface area contributed by atoms with E-state index in [0.717, 1.165) is 12.1 Å². The minimum Gasteiger partial charge on any atom is -0.460 e. The van der Waals surface area contributed by atoms with Crippen LogP contribution in [0.25, 0.3) is 0 Å². The molecule has 0 aliphatic carbocycles. The molecule has 1 aliphatic rings. The van der Waals surface area contributed by atoms with Crippen molar-refractivity contribution >= 4 is 17.6 Å². The van der Waals surface area contributed by atoms with E-state index in [0.29, 0.717) is 6.42 Å². The molecule has 1 fully saturated rings. The lowest BCUT2D eigenvalue weighted by Gasteiger charge is -2.24. The molecule has 0 spiro atoms. The topological polar surface area (TPSA) is 46.6 Å². The Morgan fingerprint density at radius 2 is 1.92 bits per heavy atom. The highest BCUT2D eigenvalue weighted by atomic mass is 19.4. The van der Waals surface area contributed by atoms with Gasteiger partial charge in [-0.2, -0.15) is 13.2 Å². The number of esters is 1. The minimum atomic E-state index is -4.47. The van der Waals surface area contributed by atoms with E-state index in [1.807, 2.05) is 0 Å². The van der Waals surface area contributed by atoms with Crippen LogP contribution in [-0.4, -0.2) is 24.0 Å². The maximum Gasteiger partial charge on any atom is 0.416 e. The molecule has 1 saturated heterocycles. The molecule has 1 aromatic carbocycles. The van der Waals surface area contributed by atoms with Crippen LogP contribution in [0.3, 0.4) is 0 Å². The Kier molecular flexibility index (Phi) is 5.16. The van der Waals surface area contributed by atoms with Gasteiger partial charge in [0.15, 0.2) is 0 Å². The van der Waals surface area contributed by atoms with Crippen molar-refractivity contribution in [3.05, 3.63) is 29.8 Å². The number of carbonyl (C=O) groups excluding carboxylic acids is 2. The van der Waals surface area contributed by atoms with E-state index in [4.69, 9.17) is 4.74 Å². The Morgan fingerprint density at radius 1 is 1.28 bits per heavy atom. The predicted octanol–water partition coefficient (Wildman–Crippen LogP) is 4.04. The maximum atomic E-state index is 12.9. The average Bonchev–Trinajstić information content (AvgIpc) is 2.85. The Balaban J connectivity index is 2.15. The molecule has 25 heavy (non-hydrogen) atoms. The third-order valence-corrected chi connectivity index (χ3v) is 4.11. The first-order chi connectivity index (χ1) is 11.4. The van der Waals surface area contributed by atoms with Crippen molar-refractivity contribution in [2.24, 2.45) is 11.8 Å². The van der Waals surface area contributed by atoms with Crippen molar-refractivity contribution in [2.75, 3.05) is 11.4 Å². The molecule has 1 amide bonds. The quantitative estimate of drug-likeness (QED) is 0.767. The number of anilines is 1. The highest BCUT2D eigenvalue weighted by Crippen LogP contribution is 2.35. The Hall–Kier alpha value is -2.05. The molecule has 2 atom stereocenters.